The van der Waals surface area contributed by atoms with Gasteiger partial charge in [-0.05, 0) is 61.0 Å². The molecule has 1 atom stereocenters. The molecule has 1 nitrogen and oxygen atoms in total. The molecular formula is C15H14Cl3N. The van der Waals surface area contributed by atoms with Gasteiger partial charge in [0.2, 0.25) is 0 Å². The van der Waals surface area contributed by atoms with Gasteiger partial charge in [0.1, 0.15) is 0 Å². The van der Waals surface area contributed by atoms with Crippen molar-refractivity contribution in [3.05, 3.63) is 68.2 Å². The number of benzene rings is 2. The highest BCUT2D eigenvalue weighted by atomic mass is 35.5. The lowest BCUT2D eigenvalue weighted by molar-refractivity contribution is 0.688. The molecule has 0 aliphatic heterocycles. The molecule has 2 aromatic carbocycles. The molecule has 0 aliphatic rings. The normalized spacial score (nSPS) is 12.5. The van der Waals surface area contributed by atoms with Crippen molar-refractivity contribution < 1.29 is 0 Å². The Morgan fingerprint density at radius 2 is 1.47 bits per heavy atom. The van der Waals surface area contributed by atoms with Crippen LogP contribution in [-0.4, -0.2) is 7.05 Å². The van der Waals surface area contributed by atoms with Gasteiger partial charge in [0.15, 0.2) is 0 Å². The van der Waals surface area contributed by atoms with Crippen LogP contribution in [0.2, 0.25) is 15.1 Å². The minimum absolute atomic E-state index is 0.0371. The van der Waals surface area contributed by atoms with E-state index in [0.717, 1.165) is 16.7 Å². The Hall–Kier alpha value is -0.730. The van der Waals surface area contributed by atoms with Gasteiger partial charge in [0, 0.05) is 15.1 Å². The molecule has 0 amide bonds. The molecule has 0 aromatic heterocycles. The first-order valence-corrected chi connectivity index (χ1v) is 7.04. The van der Waals surface area contributed by atoms with E-state index in [1.165, 1.54) is 0 Å². The van der Waals surface area contributed by atoms with Crippen LogP contribution in [0.25, 0.3) is 0 Å². The average molecular weight is 315 g/mol. The zero-order valence-corrected chi connectivity index (χ0v) is 12.9. The standard InChI is InChI=1S/C15H14Cl3N/c1-9-3-4-10(16)7-12(9)15(19-2)13-8-11(17)5-6-14(13)18/h3-8,15,19H,1-2H3. The second kappa shape index (κ2) is 6.15. The summed E-state index contributed by atoms with van der Waals surface area (Å²) >= 11 is 18.4. The number of aryl methyl sites for hydroxylation is 1. The summed E-state index contributed by atoms with van der Waals surface area (Å²) < 4.78 is 0. The lowest BCUT2D eigenvalue weighted by Crippen LogP contribution is -2.19. The van der Waals surface area contributed by atoms with E-state index < -0.39 is 0 Å². The number of hydrogen-bond acceptors (Lipinski definition) is 1. The zero-order valence-electron chi connectivity index (χ0n) is 10.7. The third kappa shape index (κ3) is 3.24. The Kier molecular flexibility index (Phi) is 4.75. The first-order chi connectivity index (χ1) is 9.02. The van der Waals surface area contributed by atoms with Crippen molar-refractivity contribution in [2.75, 3.05) is 7.05 Å². The summed E-state index contributed by atoms with van der Waals surface area (Å²) in [5, 5.41) is 5.33. The van der Waals surface area contributed by atoms with Crippen molar-refractivity contribution in [1.29, 1.82) is 0 Å². The van der Waals surface area contributed by atoms with E-state index in [1.54, 1.807) is 6.07 Å². The van der Waals surface area contributed by atoms with Gasteiger partial charge in [-0.2, -0.15) is 0 Å². The van der Waals surface area contributed by atoms with Crippen LogP contribution < -0.4 is 5.32 Å². The van der Waals surface area contributed by atoms with Gasteiger partial charge in [-0.15, -0.1) is 0 Å². The molecule has 0 fully saturated rings. The summed E-state index contributed by atoms with van der Waals surface area (Å²) in [4.78, 5) is 0. The van der Waals surface area contributed by atoms with Crippen LogP contribution in [0, 0.1) is 6.92 Å². The van der Waals surface area contributed by atoms with Crippen LogP contribution >= 0.6 is 34.8 Å². The van der Waals surface area contributed by atoms with E-state index >= 15 is 0 Å². The molecule has 100 valence electrons. The molecule has 2 rings (SSSR count). The van der Waals surface area contributed by atoms with Gasteiger partial charge in [0.05, 0.1) is 6.04 Å². The highest BCUT2D eigenvalue weighted by Gasteiger charge is 2.17. The van der Waals surface area contributed by atoms with E-state index in [2.05, 4.69) is 12.2 Å². The summed E-state index contributed by atoms with van der Waals surface area (Å²) in [6.07, 6.45) is 0. The Bertz CT molecular complexity index is 544. The van der Waals surface area contributed by atoms with E-state index in [0.29, 0.717) is 15.1 Å². The van der Waals surface area contributed by atoms with Crippen molar-refractivity contribution in [2.24, 2.45) is 0 Å². The first kappa shape index (κ1) is 14.7. The Morgan fingerprint density at radius 3 is 2.11 bits per heavy atom. The molecule has 19 heavy (non-hydrogen) atoms. The van der Waals surface area contributed by atoms with Crippen LogP contribution in [0.15, 0.2) is 36.4 Å². The lowest BCUT2D eigenvalue weighted by Gasteiger charge is -2.21. The van der Waals surface area contributed by atoms with Gasteiger partial charge in [-0.1, -0.05) is 40.9 Å². The van der Waals surface area contributed by atoms with Crippen molar-refractivity contribution in [1.82, 2.24) is 5.32 Å². The molecular weight excluding hydrogens is 301 g/mol. The minimum atomic E-state index is -0.0371. The number of hydrogen-bond donors (Lipinski definition) is 1. The van der Waals surface area contributed by atoms with E-state index in [9.17, 15) is 0 Å². The maximum Gasteiger partial charge on any atom is 0.0592 e. The third-order valence-corrected chi connectivity index (χ3v) is 3.92. The van der Waals surface area contributed by atoms with Crippen LogP contribution in [0.5, 0.6) is 0 Å². The fourth-order valence-electron chi connectivity index (χ4n) is 2.14. The number of halogens is 3. The average Bonchev–Trinajstić information content (AvgIpc) is 2.38. The second-order valence-corrected chi connectivity index (χ2v) is 5.67. The maximum absolute atomic E-state index is 6.28. The quantitative estimate of drug-likeness (QED) is 0.814. The third-order valence-electron chi connectivity index (χ3n) is 3.11. The minimum Gasteiger partial charge on any atom is -0.309 e. The maximum atomic E-state index is 6.28. The Morgan fingerprint density at radius 1 is 0.895 bits per heavy atom. The van der Waals surface area contributed by atoms with Crippen LogP contribution in [0.3, 0.4) is 0 Å². The molecule has 0 radical (unpaired) electrons. The Balaban J connectivity index is 2.55. The highest BCUT2D eigenvalue weighted by molar-refractivity contribution is 6.33. The fraction of sp³-hybridized carbons (Fsp3) is 0.200. The molecule has 0 heterocycles. The van der Waals surface area contributed by atoms with Crippen molar-refractivity contribution >= 4 is 34.8 Å². The van der Waals surface area contributed by atoms with Crippen LogP contribution in [0.1, 0.15) is 22.7 Å². The molecule has 4 heteroatoms. The second-order valence-electron chi connectivity index (χ2n) is 4.39. The zero-order chi connectivity index (χ0) is 14.0. The monoisotopic (exact) mass is 313 g/mol. The molecule has 0 spiro atoms. The molecule has 1 unspecified atom stereocenters. The van der Waals surface area contributed by atoms with Gasteiger partial charge < -0.3 is 5.32 Å². The largest absolute Gasteiger partial charge is 0.309 e. The van der Waals surface area contributed by atoms with E-state index in [1.807, 2.05) is 37.4 Å². The van der Waals surface area contributed by atoms with Crippen molar-refractivity contribution in [3.8, 4) is 0 Å². The summed E-state index contributed by atoms with van der Waals surface area (Å²) in [5.41, 5.74) is 3.20. The molecule has 0 bridgehead atoms. The summed E-state index contributed by atoms with van der Waals surface area (Å²) in [6.45, 7) is 2.05. The SMILES string of the molecule is CNC(c1cc(Cl)ccc1C)c1cc(Cl)ccc1Cl. The van der Waals surface area contributed by atoms with Gasteiger partial charge >= 0.3 is 0 Å². The van der Waals surface area contributed by atoms with E-state index in [4.69, 9.17) is 34.8 Å². The molecule has 1 N–H and O–H groups in total. The van der Waals surface area contributed by atoms with Crippen molar-refractivity contribution in [3.63, 3.8) is 0 Å². The molecule has 2 aromatic rings. The Labute approximate surface area is 128 Å². The number of rotatable bonds is 3. The van der Waals surface area contributed by atoms with Crippen LogP contribution in [0.4, 0.5) is 0 Å². The summed E-state index contributed by atoms with van der Waals surface area (Å²) in [7, 11) is 1.89. The smallest absolute Gasteiger partial charge is 0.0592 e. The van der Waals surface area contributed by atoms with Gasteiger partial charge in [-0.3, -0.25) is 0 Å². The predicted octanol–water partition coefficient (Wildman–Crippen LogP) is 5.26. The molecule has 0 saturated carbocycles. The fourth-order valence-corrected chi connectivity index (χ4v) is 2.72. The summed E-state index contributed by atoms with van der Waals surface area (Å²) in [6, 6.07) is 11.3. The van der Waals surface area contributed by atoms with Crippen molar-refractivity contribution in [2.45, 2.75) is 13.0 Å². The van der Waals surface area contributed by atoms with E-state index in [-0.39, 0.29) is 6.04 Å². The predicted molar refractivity (Wildman–Crippen MR) is 83.6 cm³/mol. The number of nitrogens with one attached hydrogen (secondary N) is 1. The van der Waals surface area contributed by atoms with Crippen LogP contribution in [-0.2, 0) is 0 Å². The first-order valence-electron chi connectivity index (χ1n) is 5.91. The van der Waals surface area contributed by atoms with Gasteiger partial charge in [0.25, 0.3) is 0 Å². The highest BCUT2D eigenvalue weighted by Crippen LogP contribution is 2.33. The van der Waals surface area contributed by atoms with Gasteiger partial charge in [-0.25, -0.2) is 0 Å². The summed E-state index contributed by atoms with van der Waals surface area (Å²) in [5.74, 6) is 0. The molecule has 0 aliphatic carbocycles. The topological polar surface area (TPSA) is 12.0 Å². The molecule has 0 saturated heterocycles. The lowest BCUT2D eigenvalue weighted by atomic mass is 9.95.